The van der Waals surface area contributed by atoms with Crippen LogP contribution in [-0.2, 0) is 9.53 Å². The van der Waals surface area contributed by atoms with Gasteiger partial charge in [0.1, 0.15) is 0 Å². The first-order chi connectivity index (χ1) is 7.12. The summed E-state index contributed by atoms with van der Waals surface area (Å²) in [5.41, 5.74) is -0.221. The largest absolute Gasteiger partial charge is 0.391 e. The molecule has 0 heterocycles. The van der Waals surface area contributed by atoms with E-state index in [1.54, 1.807) is 7.11 Å². The number of nitrogens with one attached hydrogen (secondary N) is 1. The molecule has 0 aromatic rings. The van der Waals surface area contributed by atoms with Crippen LogP contribution >= 0.6 is 0 Å². The van der Waals surface area contributed by atoms with Crippen molar-refractivity contribution in [2.75, 3.05) is 13.7 Å². The smallest absolute Gasteiger partial charge is 0.222 e. The number of hydrogen-bond acceptors (Lipinski definition) is 3. The molecule has 1 atom stereocenters. The van der Waals surface area contributed by atoms with Crippen LogP contribution in [0.15, 0.2) is 0 Å². The molecule has 0 spiro atoms. The average Bonchev–Trinajstić information content (AvgIpc) is 2.20. The highest BCUT2D eigenvalue weighted by Gasteiger charge is 2.38. The molecule has 1 unspecified atom stereocenters. The van der Waals surface area contributed by atoms with Crippen molar-refractivity contribution >= 4 is 5.91 Å². The van der Waals surface area contributed by atoms with Crippen molar-refractivity contribution < 1.29 is 14.6 Å². The van der Waals surface area contributed by atoms with Gasteiger partial charge < -0.3 is 15.2 Å². The Hall–Kier alpha value is -0.610. The molecule has 1 saturated carbocycles. The second-order valence-electron chi connectivity index (χ2n) is 4.28. The molecule has 88 valence electrons. The Morgan fingerprint density at radius 3 is 2.67 bits per heavy atom. The number of carbonyl (C=O) groups excluding carboxylic acids is 1. The second kappa shape index (κ2) is 5.47. The van der Waals surface area contributed by atoms with Crippen LogP contribution in [0.2, 0.25) is 0 Å². The van der Waals surface area contributed by atoms with Crippen molar-refractivity contribution in [2.45, 2.75) is 50.7 Å². The van der Waals surface area contributed by atoms with Gasteiger partial charge >= 0.3 is 0 Å². The summed E-state index contributed by atoms with van der Waals surface area (Å²) in [4.78, 5) is 11.5. The number of hydrogen-bond donors (Lipinski definition) is 2. The molecule has 1 aliphatic carbocycles. The van der Waals surface area contributed by atoms with Gasteiger partial charge in [-0.15, -0.1) is 0 Å². The number of ether oxygens (including phenoxy) is 1. The molecule has 0 aromatic carbocycles. The van der Waals surface area contributed by atoms with Crippen molar-refractivity contribution in [3.63, 3.8) is 0 Å². The first kappa shape index (κ1) is 12.5. The second-order valence-corrected chi connectivity index (χ2v) is 4.28. The molecule has 0 aromatic heterocycles. The summed E-state index contributed by atoms with van der Waals surface area (Å²) >= 11 is 0. The Bertz CT molecular complexity index is 208. The molecule has 1 fully saturated rings. The topological polar surface area (TPSA) is 58.6 Å². The highest BCUT2D eigenvalue weighted by molar-refractivity contribution is 5.77. The highest BCUT2D eigenvalue weighted by Crippen LogP contribution is 2.37. The predicted molar refractivity (Wildman–Crippen MR) is 57.5 cm³/mol. The Morgan fingerprint density at radius 2 is 2.27 bits per heavy atom. The minimum Gasteiger partial charge on any atom is -0.391 e. The number of methoxy groups -OCH3 is 1. The molecular formula is C11H21NO3. The van der Waals surface area contributed by atoms with E-state index in [1.807, 2.05) is 6.92 Å². The van der Waals surface area contributed by atoms with Gasteiger partial charge in [0.15, 0.2) is 0 Å². The first-order valence-electron chi connectivity index (χ1n) is 5.62. The maximum atomic E-state index is 11.5. The lowest BCUT2D eigenvalue weighted by atomic mass is 9.77. The van der Waals surface area contributed by atoms with Crippen LogP contribution in [0, 0.1) is 0 Å². The van der Waals surface area contributed by atoms with Crippen molar-refractivity contribution in [1.29, 1.82) is 0 Å². The maximum Gasteiger partial charge on any atom is 0.222 e. The molecule has 0 bridgehead atoms. The monoisotopic (exact) mass is 215 g/mol. The van der Waals surface area contributed by atoms with Crippen LogP contribution in [0.1, 0.15) is 39.0 Å². The van der Waals surface area contributed by atoms with Gasteiger partial charge in [0, 0.05) is 13.7 Å². The highest BCUT2D eigenvalue weighted by atomic mass is 16.5. The number of aliphatic hydroxyl groups excluding tert-OH is 1. The Balaban J connectivity index is 2.23. The third-order valence-corrected chi connectivity index (χ3v) is 3.19. The number of aliphatic hydroxyl groups is 1. The lowest BCUT2D eigenvalue weighted by Gasteiger charge is -2.39. The Labute approximate surface area is 91.0 Å². The summed E-state index contributed by atoms with van der Waals surface area (Å²) in [5.74, 6) is -0.0240. The number of carbonyl (C=O) groups is 1. The van der Waals surface area contributed by atoms with Crippen LogP contribution in [0.5, 0.6) is 0 Å². The van der Waals surface area contributed by atoms with Crippen molar-refractivity contribution in [3.05, 3.63) is 0 Å². The normalized spacial score (nSPS) is 20.5. The van der Waals surface area contributed by atoms with Gasteiger partial charge in [0.25, 0.3) is 0 Å². The lowest BCUT2D eigenvalue weighted by Crippen LogP contribution is -2.45. The molecule has 0 saturated heterocycles. The summed E-state index contributed by atoms with van der Waals surface area (Å²) in [7, 11) is 1.66. The predicted octanol–water partition coefficient (Wildman–Crippen LogP) is 0.833. The van der Waals surface area contributed by atoms with E-state index in [4.69, 9.17) is 4.74 Å². The lowest BCUT2D eigenvalue weighted by molar-refractivity contribution is -0.134. The van der Waals surface area contributed by atoms with Gasteiger partial charge in [-0.2, -0.15) is 0 Å². The van der Waals surface area contributed by atoms with Gasteiger partial charge in [-0.25, -0.2) is 0 Å². The molecule has 2 N–H and O–H groups in total. The summed E-state index contributed by atoms with van der Waals surface area (Å²) < 4.78 is 5.35. The molecule has 0 aliphatic heterocycles. The van der Waals surface area contributed by atoms with Gasteiger partial charge in [0.05, 0.1) is 18.1 Å². The summed E-state index contributed by atoms with van der Waals surface area (Å²) in [5, 5.41) is 12.0. The standard InChI is InChI=1S/C11H21NO3/c1-3-9(13)8-12-10(14)7-11(15-2)5-4-6-11/h9,13H,3-8H2,1-2H3,(H,12,14). The fourth-order valence-electron chi connectivity index (χ4n) is 1.76. The number of rotatable bonds is 6. The van der Waals surface area contributed by atoms with E-state index < -0.39 is 6.10 Å². The minimum absolute atomic E-state index is 0.0240. The van der Waals surface area contributed by atoms with E-state index in [1.165, 1.54) is 0 Å². The van der Waals surface area contributed by atoms with Crippen LogP contribution in [-0.4, -0.2) is 36.4 Å². The van der Waals surface area contributed by atoms with E-state index >= 15 is 0 Å². The van der Waals surface area contributed by atoms with E-state index in [0.717, 1.165) is 19.3 Å². The molecule has 4 nitrogen and oxygen atoms in total. The van der Waals surface area contributed by atoms with Crippen molar-refractivity contribution in [2.24, 2.45) is 0 Å². The summed E-state index contributed by atoms with van der Waals surface area (Å²) in [6.07, 6.45) is 3.71. The van der Waals surface area contributed by atoms with E-state index in [9.17, 15) is 9.90 Å². The zero-order chi connectivity index (χ0) is 11.3. The van der Waals surface area contributed by atoms with E-state index in [-0.39, 0.29) is 11.5 Å². The minimum atomic E-state index is -0.436. The average molecular weight is 215 g/mol. The molecule has 1 amide bonds. The SMILES string of the molecule is CCC(O)CNC(=O)CC1(OC)CCC1. The summed E-state index contributed by atoms with van der Waals surface area (Å²) in [6.45, 7) is 2.23. The third kappa shape index (κ3) is 3.47. The fourth-order valence-corrected chi connectivity index (χ4v) is 1.76. The van der Waals surface area contributed by atoms with Crippen LogP contribution in [0.25, 0.3) is 0 Å². The van der Waals surface area contributed by atoms with Crippen molar-refractivity contribution in [1.82, 2.24) is 5.32 Å². The molecular weight excluding hydrogens is 194 g/mol. The summed E-state index contributed by atoms with van der Waals surface area (Å²) in [6, 6.07) is 0. The molecule has 1 rings (SSSR count). The molecule has 0 radical (unpaired) electrons. The van der Waals surface area contributed by atoms with Crippen LogP contribution in [0.4, 0.5) is 0 Å². The zero-order valence-electron chi connectivity index (χ0n) is 9.58. The van der Waals surface area contributed by atoms with Crippen molar-refractivity contribution in [3.8, 4) is 0 Å². The van der Waals surface area contributed by atoms with Gasteiger partial charge in [0.2, 0.25) is 5.91 Å². The molecule has 15 heavy (non-hydrogen) atoms. The van der Waals surface area contributed by atoms with Gasteiger partial charge in [-0.3, -0.25) is 4.79 Å². The van der Waals surface area contributed by atoms with Crippen LogP contribution < -0.4 is 5.32 Å². The molecule has 1 aliphatic rings. The van der Waals surface area contributed by atoms with E-state index in [0.29, 0.717) is 19.4 Å². The zero-order valence-corrected chi connectivity index (χ0v) is 9.58. The third-order valence-electron chi connectivity index (χ3n) is 3.19. The fraction of sp³-hybridized carbons (Fsp3) is 0.909. The quantitative estimate of drug-likeness (QED) is 0.690. The first-order valence-corrected chi connectivity index (χ1v) is 5.62. The Kier molecular flexibility index (Phi) is 4.54. The van der Waals surface area contributed by atoms with Gasteiger partial charge in [-0.1, -0.05) is 6.92 Å². The van der Waals surface area contributed by atoms with E-state index in [2.05, 4.69) is 5.32 Å². The molecule has 4 heteroatoms. The Morgan fingerprint density at radius 1 is 1.60 bits per heavy atom. The number of amides is 1. The van der Waals surface area contributed by atoms with Gasteiger partial charge in [-0.05, 0) is 25.7 Å². The van der Waals surface area contributed by atoms with Crippen LogP contribution in [0.3, 0.4) is 0 Å². The maximum absolute atomic E-state index is 11.5.